The second kappa shape index (κ2) is 10.3. The summed E-state index contributed by atoms with van der Waals surface area (Å²) >= 11 is 0. The first-order valence-electron chi connectivity index (χ1n) is 10.1. The monoisotopic (exact) mass is 435 g/mol. The molecule has 1 aromatic heterocycles. The summed E-state index contributed by atoms with van der Waals surface area (Å²) in [4.78, 5) is 38.2. The molecule has 0 saturated heterocycles. The average molecular weight is 435 g/mol. The third-order valence-corrected chi connectivity index (χ3v) is 4.76. The zero-order valence-corrected chi connectivity index (χ0v) is 18.0. The van der Waals surface area contributed by atoms with Gasteiger partial charge in [0.25, 0.3) is 11.8 Å². The minimum absolute atomic E-state index is 0.124. The second-order valence-electron chi connectivity index (χ2n) is 7.39. The van der Waals surface area contributed by atoms with Gasteiger partial charge in [-0.25, -0.2) is 0 Å². The van der Waals surface area contributed by atoms with Crippen LogP contribution < -0.4 is 20.7 Å². The number of furan rings is 1. The summed E-state index contributed by atoms with van der Waals surface area (Å²) in [6.07, 6.45) is 1.39. The molecule has 0 radical (unpaired) electrons. The molecular weight excluding hydrogens is 410 g/mol. The van der Waals surface area contributed by atoms with E-state index in [1.165, 1.54) is 12.3 Å². The van der Waals surface area contributed by atoms with Gasteiger partial charge < -0.3 is 25.1 Å². The van der Waals surface area contributed by atoms with E-state index in [0.29, 0.717) is 17.1 Å². The Kier molecular flexibility index (Phi) is 7.28. The number of rotatable bonds is 8. The molecule has 0 aliphatic heterocycles. The average Bonchev–Trinajstić information content (AvgIpc) is 3.33. The third kappa shape index (κ3) is 5.54. The molecule has 0 saturated carbocycles. The number of carbonyl (C=O) groups excluding carboxylic acids is 3. The van der Waals surface area contributed by atoms with Crippen LogP contribution in [-0.4, -0.2) is 30.9 Å². The van der Waals surface area contributed by atoms with E-state index in [4.69, 9.17) is 9.15 Å². The molecule has 8 heteroatoms. The maximum atomic E-state index is 13.0. The molecule has 0 aliphatic carbocycles. The Labute approximate surface area is 186 Å². The second-order valence-corrected chi connectivity index (χ2v) is 7.39. The summed E-state index contributed by atoms with van der Waals surface area (Å²) in [5.74, 6) is -0.696. The summed E-state index contributed by atoms with van der Waals surface area (Å²) < 4.78 is 10.2. The zero-order valence-electron chi connectivity index (χ0n) is 18.0. The van der Waals surface area contributed by atoms with Crippen LogP contribution >= 0.6 is 0 Å². The van der Waals surface area contributed by atoms with Crippen LogP contribution in [0.5, 0.6) is 5.75 Å². The van der Waals surface area contributed by atoms with Gasteiger partial charge >= 0.3 is 0 Å². The van der Waals surface area contributed by atoms with Crippen LogP contribution in [0.15, 0.2) is 71.3 Å². The van der Waals surface area contributed by atoms with E-state index in [0.717, 1.165) is 0 Å². The van der Waals surface area contributed by atoms with Gasteiger partial charge in [-0.1, -0.05) is 26.0 Å². The molecule has 0 bridgehead atoms. The summed E-state index contributed by atoms with van der Waals surface area (Å²) in [7, 11) is 1.56. The van der Waals surface area contributed by atoms with Crippen molar-refractivity contribution in [2.75, 3.05) is 17.7 Å². The van der Waals surface area contributed by atoms with Gasteiger partial charge in [-0.3, -0.25) is 14.4 Å². The fourth-order valence-electron chi connectivity index (χ4n) is 3.03. The molecular formula is C24H25N3O5. The van der Waals surface area contributed by atoms with Gasteiger partial charge in [-0.05, 0) is 54.4 Å². The Morgan fingerprint density at radius 2 is 1.59 bits per heavy atom. The molecule has 3 amide bonds. The molecule has 32 heavy (non-hydrogen) atoms. The highest BCUT2D eigenvalue weighted by Crippen LogP contribution is 2.19. The van der Waals surface area contributed by atoms with E-state index in [2.05, 4.69) is 16.0 Å². The fourth-order valence-corrected chi connectivity index (χ4v) is 3.03. The van der Waals surface area contributed by atoms with E-state index in [1.807, 2.05) is 13.8 Å². The van der Waals surface area contributed by atoms with Gasteiger partial charge in [-0.2, -0.15) is 0 Å². The lowest BCUT2D eigenvalue weighted by atomic mass is 10.0. The number of hydrogen-bond donors (Lipinski definition) is 3. The maximum absolute atomic E-state index is 13.0. The van der Waals surface area contributed by atoms with Crippen LogP contribution in [0.25, 0.3) is 0 Å². The Hall–Kier alpha value is -4.07. The van der Waals surface area contributed by atoms with Crippen molar-refractivity contribution in [2.45, 2.75) is 19.9 Å². The van der Waals surface area contributed by atoms with E-state index < -0.39 is 17.9 Å². The van der Waals surface area contributed by atoms with Crippen molar-refractivity contribution < 1.29 is 23.5 Å². The molecule has 8 nitrogen and oxygen atoms in total. The van der Waals surface area contributed by atoms with Gasteiger partial charge in [0.05, 0.1) is 24.6 Å². The SMILES string of the molecule is COc1ccc(NC(=O)[C@@H](NC(=O)c2ccccc2NC(=O)c2ccco2)C(C)C)cc1. The maximum Gasteiger partial charge on any atom is 0.291 e. The number of ether oxygens (including phenoxy) is 1. The predicted molar refractivity (Wildman–Crippen MR) is 121 cm³/mol. The Bertz CT molecular complexity index is 1080. The number of anilines is 2. The molecule has 0 unspecified atom stereocenters. The number of hydrogen-bond acceptors (Lipinski definition) is 5. The normalized spacial score (nSPS) is 11.5. The highest BCUT2D eigenvalue weighted by atomic mass is 16.5. The van der Waals surface area contributed by atoms with Gasteiger partial charge in [0.2, 0.25) is 5.91 Å². The number of carbonyl (C=O) groups is 3. The largest absolute Gasteiger partial charge is 0.497 e. The first-order valence-corrected chi connectivity index (χ1v) is 10.1. The van der Waals surface area contributed by atoms with Gasteiger partial charge in [0, 0.05) is 5.69 Å². The molecule has 1 heterocycles. The number of para-hydroxylation sites is 1. The summed E-state index contributed by atoms with van der Waals surface area (Å²) in [6, 6.07) is 15.8. The molecule has 0 spiro atoms. The summed E-state index contributed by atoms with van der Waals surface area (Å²) in [6.45, 7) is 3.67. The van der Waals surface area contributed by atoms with Crippen LogP contribution in [0, 0.1) is 5.92 Å². The standard InChI is InChI=1S/C24H25N3O5/c1-15(2)21(24(30)25-16-10-12-17(31-3)13-11-16)27-22(28)18-7-4-5-8-19(18)26-23(29)20-9-6-14-32-20/h4-15,21H,1-3H3,(H,25,30)(H,26,29)(H,27,28)/t21-/m0/s1. The number of benzene rings is 2. The van der Waals surface area contributed by atoms with E-state index >= 15 is 0 Å². The van der Waals surface area contributed by atoms with Crippen molar-refractivity contribution in [3.05, 3.63) is 78.3 Å². The number of amides is 3. The van der Waals surface area contributed by atoms with Crippen molar-refractivity contribution in [3.63, 3.8) is 0 Å². The van der Waals surface area contributed by atoms with Crippen molar-refractivity contribution >= 4 is 29.1 Å². The van der Waals surface area contributed by atoms with Crippen molar-refractivity contribution in [1.29, 1.82) is 0 Å². The predicted octanol–water partition coefficient (Wildman–Crippen LogP) is 3.93. The Morgan fingerprint density at radius 1 is 0.875 bits per heavy atom. The molecule has 3 rings (SSSR count). The van der Waals surface area contributed by atoms with E-state index in [1.54, 1.807) is 61.7 Å². The molecule has 1 atom stereocenters. The van der Waals surface area contributed by atoms with Crippen molar-refractivity contribution in [1.82, 2.24) is 5.32 Å². The fraction of sp³-hybridized carbons (Fsp3) is 0.208. The van der Waals surface area contributed by atoms with Crippen molar-refractivity contribution in [2.24, 2.45) is 5.92 Å². The third-order valence-electron chi connectivity index (χ3n) is 4.76. The zero-order chi connectivity index (χ0) is 23.1. The van der Waals surface area contributed by atoms with Crippen LogP contribution in [0.4, 0.5) is 11.4 Å². The van der Waals surface area contributed by atoms with Gasteiger partial charge in [0.15, 0.2) is 5.76 Å². The van der Waals surface area contributed by atoms with Crippen LogP contribution in [-0.2, 0) is 4.79 Å². The highest BCUT2D eigenvalue weighted by molar-refractivity contribution is 6.09. The molecule has 3 N–H and O–H groups in total. The smallest absolute Gasteiger partial charge is 0.291 e. The van der Waals surface area contributed by atoms with Crippen LogP contribution in [0.3, 0.4) is 0 Å². The lowest BCUT2D eigenvalue weighted by Crippen LogP contribution is -2.47. The molecule has 166 valence electrons. The van der Waals surface area contributed by atoms with Crippen LogP contribution in [0.1, 0.15) is 34.8 Å². The first-order chi connectivity index (χ1) is 15.4. The molecule has 2 aromatic carbocycles. The highest BCUT2D eigenvalue weighted by Gasteiger charge is 2.26. The molecule has 0 fully saturated rings. The van der Waals surface area contributed by atoms with Crippen molar-refractivity contribution in [3.8, 4) is 5.75 Å². The summed E-state index contributed by atoms with van der Waals surface area (Å²) in [5, 5.41) is 8.25. The van der Waals surface area contributed by atoms with E-state index in [-0.39, 0.29) is 23.1 Å². The van der Waals surface area contributed by atoms with Gasteiger partial charge in [0.1, 0.15) is 11.8 Å². The van der Waals surface area contributed by atoms with Gasteiger partial charge in [-0.15, -0.1) is 0 Å². The lowest BCUT2D eigenvalue weighted by molar-refractivity contribution is -0.118. The quantitative estimate of drug-likeness (QED) is 0.497. The summed E-state index contributed by atoms with van der Waals surface area (Å²) in [5.41, 5.74) is 1.13. The topological polar surface area (TPSA) is 110 Å². The minimum Gasteiger partial charge on any atom is -0.497 e. The Morgan fingerprint density at radius 3 is 2.22 bits per heavy atom. The Balaban J connectivity index is 1.73. The molecule has 3 aromatic rings. The minimum atomic E-state index is -0.793. The lowest BCUT2D eigenvalue weighted by Gasteiger charge is -2.22. The molecule has 0 aliphatic rings. The first kappa shape index (κ1) is 22.6. The number of nitrogens with one attached hydrogen (secondary N) is 3. The van der Waals surface area contributed by atoms with Crippen LogP contribution in [0.2, 0.25) is 0 Å². The van der Waals surface area contributed by atoms with E-state index in [9.17, 15) is 14.4 Å². The number of methoxy groups -OCH3 is 1.